The Morgan fingerprint density at radius 3 is 2.39 bits per heavy atom. The molecule has 2 aromatic carbocycles. The molecule has 3 atom stereocenters. The number of hydrogen-bond donors (Lipinski definition) is 1. The van der Waals surface area contributed by atoms with Crippen molar-refractivity contribution in [3.63, 3.8) is 0 Å². The van der Waals surface area contributed by atoms with Crippen LogP contribution in [0.1, 0.15) is 37.7 Å². The van der Waals surface area contributed by atoms with Crippen molar-refractivity contribution >= 4 is 21.6 Å². The van der Waals surface area contributed by atoms with E-state index in [0.29, 0.717) is 19.6 Å². The van der Waals surface area contributed by atoms with Crippen molar-refractivity contribution < 1.29 is 22.3 Å². The number of aromatic nitrogens is 2. The predicted octanol–water partition coefficient (Wildman–Crippen LogP) is 4.48. The third-order valence-electron chi connectivity index (χ3n) is 10.2. The quantitative estimate of drug-likeness (QED) is 0.361. The van der Waals surface area contributed by atoms with Gasteiger partial charge in [0.1, 0.15) is 4.90 Å². The van der Waals surface area contributed by atoms with Gasteiger partial charge in [0.25, 0.3) is 0 Å². The van der Waals surface area contributed by atoms with Gasteiger partial charge in [0.2, 0.25) is 9.84 Å². The van der Waals surface area contributed by atoms with Gasteiger partial charge >= 0.3 is 6.09 Å². The summed E-state index contributed by atoms with van der Waals surface area (Å²) in [6.07, 6.45) is 6.42. The third-order valence-corrected chi connectivity index (χ3v) is 11.9. The summed E-state index contributed by atoms with van der Waals surface area (Å²) in [4.78, 5) is 16.6. The van der Waals surface area contributed by atoms with Gasteiger partial charge in [0.15, 0.2) is 5.67 Å². The second kappa shape index (κ2) is 12.7. The molecule has 6 rings (SSSR count). The van der Waals surface area contributed by atoms with Crippen LogP contribution in [0, 0.1) is 23.2 Å². The van der Waals surface area contributed by atoms with Crippen LogP contribution in [0.25, 0.3) is 0 Å². The standard InChI is InChI=1S/C34H41FN6O4S/c1-39-20-29(19-37-39)46(43,44)28-13-11-27(12-14-28)41-23-33(35,24-41)22-40-17-15-26(16-18-40)34(21-36,25-7-4-3-5-8-25)30-9-6-10-31(30)38-32(42)45-2/h3-5,7-8,11-14,19-20,26,30-31H,6,9-10,15-18,22-24H2,1-2H3,(H,38,42)/t30-,31-,34?/m0/s1. The van der Waals surface area contributed by atoms with Crippen molar-refractivity contribution in [2.24, 2.45) is 18.9 Å². The zero-order valence-corrected chi connectivity index (χ0v) is 27.1. The maximum Gasteiger partial charge on any atom is 0.407 e. The zero-order chi connectivity index (χ0) is 32.5. The van der Waals surface area contributed by atoms with Crippen molar-refractivity contribution in [2.75, 3.05) is 44.7 Å². The number of nitrogens with zero attached hydrogens (tertiary/aromatic N) is 5. The molecule has 1 aromatic heterocycles. The summed E-state index contributed by atoms with van der Waals surface area (Å²) >= 11 is 0. The number of nitrogens with one attached hydrogen (secondary N) is 1. The lowest BCUT2D eigenvalue weighted by Gasteiger charge is -2.50. The summed E-state index contributed by atoms with van der Waals surface area (Å²) < 4.78 is 48.1. The normalized spacial score (nSPS) is 23.2. The molecule has 46 heavy (non-hydrogen) atoms. The SMILES string of the molecule is COC(=O)N[C@H]1CCC[C@@H]1C(C#N)(c1ccccc1)C1CCN(CC2(F)CN(c3ccc(S(=O)(=O)c4cnn(C)c4)cc3)C2)CC1. The predicted molar refractivity (Wildman–Crippen MR) is 171 cm³/mol. The molecule has 3 aliphatic rings. The number of carbonyl (C=O) groups is 1. The molecule has 0 radical (unpaired) electrons. The number of carbonyl (C=O) groups excluding carboxylic acids is 1. The van der Waals surface area contributed by atoms with Crippen LogP contribution in [0.3, 0.4) is 0 Å². The van der Waals surface area contributed by atoms with Gasteiger partial charge in [0.05, 0.1) is 42.8 Å². The highest BCUT2D eigenvalue weighted by Crippen LogP contribution is 2.50. The van der Waals surface area contributed by atoms with E-state index in [1.807, 2.05) is 35.2 Å². The maximum atomic E-state index is 15.9. The molecule has 2 saturated heterocycles. The van der Waals surface area contributed by atoms with Crippen LogP contribution in [0.15, 0.2) is 76.8 Å². The van der Waals surface area contributed by atoms with Crippen LogP contribution in [-0.2, 0) is 27.0 Å². The Bertz CT molecular complexity index is 1680. The number of nitriles is 1. The van der Waals surface area contributed by atoms with Gasteiger partial charge in [0, 0.05) is 37.4 Å². The number of sulfone groups is 1. The van der Waals surface area contributed by atoms with Crippen molar-refractivity contribution in [1.29, 1.82) is 5.26 Å². The molecule has 1 N–H and O–H groups in total. The Labute approximate surface area is 270 Å². The van der Waals surface area contributed by atoms with Crippen LogP contribution in [0.4, 0.5) is 14.9 Å². The number of alkyl carbamates (subject to hydrolysis) is 1. The molecule has 0 spiro atoms. The molecular formula is C34H41FN6O4S. The van der Waals surface area contributed by atoms with Gasteiger partial charge in [-0.1, -0.05) is 36.8 Å². The summed E-state index contributed by atoms with van der Waals surface area (Å²) in [5, 5.41) is 17.9. The first kappa shape index (κ1) is 32.0. The van der Waals surface area contributed by atoms with Crippen LogP contribution in [-0.4, -0.2) is 80.7 Å². The average molecular weight is 649 g/mol. The molecule has 3 aromatic rings. The Morgan fingerprint density at radius 2 is 1.78 bits per heavy atom. The second-order valence-electron chi connectivity index (χ2n) is 13.0. The maximum absolute atomic E-state index is 15.9. The summed E-state index contributed by atoms with van der Waals surface area (Å²) in [5.74, 6) is 0.0186. The topological polar surface area (TPSA) is 121 Å². The molecule has 244 valence electrons. The largest absolute Gasteiger partial charge is 0.453 e. The fourth-order valence-electron chi connectivity index (χ4n) is 7.97. The smallest absolute Gasteiger partial charge is 0.407 e. The number of piperidine rings is 1. The van der Waals surface area contributed by atoms with E-state index in [0.717, 1.165) is 43.4 Å². The van der Waals surface area contributed by atoms with Crippen molar-refractivity contribution in [3.8, 4) is 6.07 Å². The van der Waals surface area contributed by atoms with E-state index in [4.69, 9.17) is 4.74 Å². The number of likely N-dealkylation sites (tertiary alicyclic amines) is 1. The molecule has 3 fully saturated rings. The highest BCUT2D eigenvalue weighted by Gasteiger charge is 2.53. The molecule has 2 aliphatic heterocycles. The van der Waals surface area contributed by atoms with E-state index in [9.17, 15) is 18.5 Å². The Kier molecular flexibility index (Phi) is 8.83. The number of rotatable bonds is 9. The number of ether oxygens (including phenoxy) is 1. The van der Waals surface area contributed by atoms with E-state index in [1.54, 1.807) is 31.3 Å². The summed E-state index contributed by atoms with van der Waals surface area (Å²) in [5.41, 5.74) is -0.381. The molecule has 1 saturated carbocycles. The molecule has 3 heterocycles. The first-order valence-corrected chi connectivity index (χ1v) is 17.4. The summed E-state index contributed by atoms with van der Waals surface area (Å²) in [6, 6.07) is 19.1. The molecule has 1 aliphatic carbocycles. The Hall–Kier alpha value is -3.95. The Balaban J connectivity index is 1.09. The number of aryl methyl sites for hydroxylation is 1. The van der Waals surface area contributed by atoms with E-state index >= 15 is 4.39 Å². The summed E-state index contributed by atoms with van der Waals surface area (Å²) in [6.45, 7) is 2.16. The van der Waals surface area contributed by atoms with Crippen molar-refractivity contribution in [1.82, 2.24) is 20.0 Å². The number of hydrogen-bond acceptors (Lipinski definition) is 8. The average Bonchev–Trinajstić information content (AvgIpc) is 3.71. The van der Waals surface area contributed by atoms with E-state index in [1.165, 1.54) is 24.2 Å². The zero-order valence-electron chi connectivity index (χ0n) is 26.3. The highest BCUT2D eigenvalue weighted by molar-refractivity contribution is 7.91. The first-order chi connectivity index (χ1) is 22.1. The number of amides is 1. The number of methoxy groups -OCH3 is 1. The van der Waals surface area contributed by atoms with Gasteiger partial charge in [-0.3, -0.25) is 9.58 Å². The van der Waals surface area contributed by atoms with Gasteiger partial charge in [-0.2, -0.15) is 10.4 Å². The van der Waals surface area contributed by atoms with Crippen LogP contribution in [0.5, 0.6) is 0 Å². The lowest BCUT2D eigenvalue weighted by Crippen LogP contribution is -2.64. The molecule has 1 amide bonds. The minimum atomic E-state index is -3.67. The van der Waals surface area contributed by atoms with E-state index < -0.39 is 27.0 Å². The minimum absolute atomic E-state index is 0.0472. The molecule has 0 bridgehead atoms. The molecule has 10 nitrogen and oxygen atoms in total. The monoisotopic (exact) mass is 648 g/mol. The van der Waals surface area contributed by atoms with Gasteiger partial charge in [-0.05, 0) is 74.5 Å². The number of alkyl halides is 1. The molecular weight excluding hydrogens is 607 g/mol. The number of anilines is 1. The third kappa shape index (κ3) is 5.98. The van der Waals surface area contributed by atoms with Gasteiger partial charge < -0.3 is 15.0 Å². The lowest BCUT2D eigenvalue weighted by molar-refractivity contribution is 0.0352. The van der Waals surface area contributed by atoms with Crippen LogP contribution >= 0.6 is 0 Å². The van der Waals surface area contributed by atoms with Crippen molar-refractivity contribution in [3.05, 3.63) is 72.6 Å². The van der Waals surface area contributed by atoms with E-state index in [-0.39, 0.29) is 40.8 Å². The minimum Gasteiger partial charge on any atom is -0.453 e. The highest BCUT2D eigenvalue weighted by atomic mass is 32.2. The van der Waals surface area contributed by atoms with Crippen LogP contribution < -0.4 is 10.2 Å². The van der Waals surface area contributed by atoms with Crippen molar-refractivity contribution in [2.45, 2.75) is 59.0 Å². The van der Waals surface area contributed by atoms with Gasteiger partial charge in [-0.25, -0.2) is 17.6 Å². The fourth-order valence-corrected chi connectivity index (χ4v) is 9.21. The Morgan fingerprint density at radius 1 is 1.09 bits per heavy atom. The lowest BCUT2D eigenvalue weighted by atomic mass is 9.59. The van der Waals surface area contributed by atoms with E-state index in [2.05, 4.69) is 21.4 Å². The molecule has 12 heteroatoms. The molecule has 1 unspecified atom stereocenters. The number of benzene rings is 2. The van der Waals surface area contributed by atoms with Gasteiger partial charge in [-0.15, -0.1) is 0 Å². The fraction of sp³-hybridized carbons (Fsp3) is 0.500. The number of halogens is 1. The first-order valence-electron chi connectivity index (χ1n) is 15.9. The second-order valence-corrected chi connectivity index (χ2v) is 15.0. The van der Waals surface area contributed by atoms with Crippen LogP contribution in [0.2, 0.25) is 0 Å². The summed E-state index contributed by atoms with van der Waals surface area (Å²) in [7, 11) is -0.645.